The number of benzene rings is 2. The first-order chi connectivity index (χ1) is 9.89. The summed E-state index contributed by atoms with van der Waals surface area (Å²) in [5, 5.41) is 0.689. The molecule has 110 valence electrons. The van der Waals surface area contributed by atoms with E-state index in [0.717, 1.165) is 21.3 Å². The number of nitrogens with two attached hydrogens (primary N) is 1. The maximum atomic E-state index is 6.40. The summed E-state index contributed by atoms with van der Waals surface area (Å²) in [7, 11) is 0. The minimum absolute atomic E-state index is 0.0571. The van der Waals surface area contributed by atoms with E-state index >= 15 is 0 Å². The van der Waals surface area contributed by atoms with E-state index in [2.05, 4.69) is 28.9 Å². The lowest BCUT2D eigenvalue weighted by Crippen LogP contribution is -2.38. The minimum atomic E-state index is -0.514. The molecule has 3 rings (SSSR count). The van der Waals surface area contributed by atoms with E-state index in [1.54, 1.807) is 0 Å². The molecule has 1 aliphatic rings. The summed E-state index contributed by atoms with van der Waals surface area (Å²) in [6, 6.07) is 11.9. The molecular formula is C17H17BrClNO. The molecule has 2 nitrogen and oxygen atoms in total. The largest absolute Gasteiger partial charge is 0.482 e. The normalized spacial score (nSPS) is 24.3. The van der Waals surface area contributed by atoms with Gasteiger partial charge in [-0.05, 0) is 32.0 Å². The number of rotatable bonds is 1. The van der Waals surface area contributed by atoms with Crippen molar-refractivity contribution in [1.29, 1.82) is 0 Å². The lowest BCUT2D eigenvalue weighted by molar-refractivity contribution is 0.0512. The standard InChI is InChI=1S/C17H17BrClNO/c1-10-3-6-16-12(7-10)15(20)9-17(2,21-16)13-5-4-11(18)8-14(13)19/h3-8,15H,9,20H2,1-2H3/t15-,17?/m1/s1. The molecule has 0 aliphatic carbocycles. The van der Waals surface area contributed by atoms with Crippen molar-refractivity contribution in [3.63, 3.8) is 0 Å². The predicted molar refractivity (Wildman–Crippen MR) is 89.9 cm³/mol. The number of halogens is 2. The highest BCUT2D eigenvalue weighted by atomic mass is 79.9. The van der Waals surface area contributed by atoms with Gasteiger partial charge in [0.05, 0.1) is 0 Å². The van der Waals surface area contributed by atoms with Crippen LogP contribution in [0.5, 0.6) is 5.75 Å². The van der Waals surface area contributed by atoms with Crippen LogP contribution in [0.25, 0.3) is 0 Å². The van der Waals surface area contributed by atoms with Crippen LogP contribution >= 0.6 is 27.5 Å². The molecule has 0 saturated heterocycles. The lowest BCUT2D eigenvalue weighted by atomic mass is 9.83. The molecule has 2 aromatic carbocycles. The first kappa shape index (κ1) is 14.9. The molecule has 1 heterocycles. The third kappa shape index (κ3) is 2.70. The van der Waals surface area contributed by atoms with Gasteiger partial charge in [-0.2, -0.15) is 0 Å². The molecule has 0 spiro atoms. The zero-order valence-corrected chi connectivity index (χ0v) is 14.3. The zero-order chi connectivity index (χ0) is 15.2. The second kappa shape index (κ2) is 5.31. The highest BCUT2D eigenvalue weighted by Gasteiger charge is 2.38. The van der Waals surface area contributed by atoms with Crippen LogP contribution in [0.15, 0.2) is 40.9 Å². The van der Waals surface area contributed by atoms with Crippen LogP contribution in [0.3, 0.4) is 0 Å². The van der Waals surface area contributed by atoms with Crippen molar-refractivity contribution in [2.75, 3.05) is 0 Å². The average molecular weight is 367 g/mol. The van der Waals surface area contributed by atoms with Gasteiger partial charge in [0.15, 0.2) is 0 Å². The van der Waals surface area contributed by atoms with Gasteiger partial charge in [0.2, 0.25) is 0 Å². The Labute approximate surface area is 138 Å². The fourth-order valence-corrected chi connectivity index (χ4v) is 3.82. The van der Waals surface area contributed by atoms with Crippen molar-refractivity contribution in [1.82, 2.24) is 0 Å². The number of ether oxygens (including phenoxy) is 1. The first-order valence-electron chi connectivity index (χ1n) is 6.90. The molecule has 1 aliphatic heterocycles. The van der Waals surface area contributed by atoms with Crippen LogP contribution in [0.4, 0.5) is 0 Å². The predicted octanol–water partition coefficient (Wildman–Crippen LogP) is 5.11. The van der Waals surface area contributed by atoms with Crippen molar-refractivity contribution in [2.45, 2.75) is 31.9 Å². The summed E-state index contributed by atoms with van der Waals surface area (Å²) < 4.78 is 7.23. The van der Waals surface area contributed by atoms with Crippen molar-refractivity contribution < 1.29 is 4.74 Å². The van der Waals surface area contributed by atoms with E-state index in [1.165, 1.54) is 5.56 Å². The van der Waals surface area contributed by atoms with Crippen molar-refractivity contribution in [2.24, 2.45) is 5.73 Å². The molecule has 4 heteroatoms. The molecular weight excluding hydrogens is 350 g/mol. The Morgan fingerprint density at radius 2 is 2.05 bits per heavy atom. The summed E-state index contributed by atoms with van der Waals surface area (Å²) in [5.74, 6) is 0.848. The Morgan fingerprint density at radius 3 is 2.76 bits per heavy atom. The Morgan fingerprint density at radius 1 is 1.29 bits per heavy atom. The van der Waals surface area contributed by atoms with E-state index < -0.39 is 5.60 Å². The van der Waals surface area contributed by atoms with Gasteiger partial charge in [-0.1, -0.05) is 51.3 Å². The molecule has 0 bridgehead atoms. The Kier molecular flexibility index (Phi) is 3.76. The molecule has 2 aromatic rings. The molecule has 2 atom stereocenters. The molecule has 1 unspecified atom stereocenters. The van der Waals surface area contributed by atoms with Crippen LogP contribution in [0, 0.1) is 6.92 Å². The van der Waals surface area contributed by atoms with Crippen LogP contribution in [0.1, 0.15) is 36.1 Å². The Bertz CT molecular complexity index is 703. The Balaban J connectivity index is 2.06. The molecule has 2 N–H and O–H groups in total. The molecule has 0 amide bonds. The van der Waals surface area contributed by atoms with Crippen molar-refractivity contribution >= 4 is 27.5 Å². The molecule has 21 heavy (non-hydrogen) atoms. The third-order valence-electron chi connectivity index (χ3n) is 4.01. The van der Waals surface area contributed by atoms with Crippen LogP contribution in [0.2, 0.25) is 5.02 Å². The summed E-state index contributed by atoms with van der Waals surface area (Å²) >= 11 is 9.84. The second-order valence-electron chi connectivity index (χ2n) is 5.81. The van der Waals surface area contributed by atoms with E-state index in [-0.39, 0.29) is 6.04 Å². The summed E-state index contributed by atoms with van der Waals surface area (Å²) in [4.78, 5) is 0. The van der Waals surface area contributed by atoms with Crippen LogP contribution in [-0.4, -0.2) is 0 Å². The van der Waals surface area contributed by atoms with Gasteiger partial charge in [0, 0.05) is 33.1 Å². The van der Waals surface area contributed by atoms with E-state index in [0.29, 0.717) is 11.4 Å². The second-order valence-corrected chi connectivity index (χ2v) is 7.13. The van der Waals surface area contributed by atoms with Gasteiger partial charge in [-0.25, -0.2) is 0 Å². The topological polar surface area (TPSA) is 35.2 Å². The van der Waals surface area contributed by atoms with Crippen molar-refractivity contribution in [3.8, 4) is 5.75 Å². The van der Waals surface area contributed by atoms with Gasteiger partial charge in [0.1, 0.15) is 11.4 Å². The van der Waals surface area contributed by atoms with E-state index in [1.807, 2.05) is 37.3 Å². The van der Waals surface area contributed by atoms with Gasteiger partial charge < -0.3 is 10.5 Å². The number of hydrogen-bond acceptors (Lipinski definition) is 2. The van der Waals surface area contributed by atoms with Gasteiger partial charge in [-0.15, -0.1) is 0 Å². The molecule has 0 saturated carbocycles. The van der Waals surface area contributed by atoms with Gasteiger partial charge >= 0.3 is 0 Å². The maximum Gasteiger partial charge on any atom is 0.134 e. The maximum absolute atomic E-state index is 6.40. The number of fused-ring (bicyclic) bond motifs is 1. The fraction of sp³-hybridized carbons (Fsp3) is 0.294. The highest BCUT2D eigenvalue weighted by molar-refractivity contribution is 9.10. The summed E-state index contributed by atoms with van der Waals surface area (Å²) in [6.45, 7) is 4.11. The minimum Gasteiger partial charge on any atom is -0.482 e. The van der Waals surface area contributed by atoms with Gasteiger partial charge in [-0.3, -0.25) is 0 Å². The lowest BCUT2D eigenvalue weighted by Gasteiger charge is -2.39. The molecule has 0 fully saturated rings. The molecule has 0 radical (unpaired) electrons. The van der Waals surface area contributed by atoms with Gasteiger partial charge in [0.25, 0.3) is 0 Å². The van der Waals surface area contributed by atoms with E-state index in [9.17, 15) is 0 Å². The fourth-order valence-electron chi connectivity index (χ4n) is 2.95. The highest BCUT2D eigenvalue weighted by Crippen LogP contribution is 2.45. The average Bonchev–Trinajstić information content (AvgIpc) is 2.39. The Hall–Kier alpha value is -1.03. The monoisotopic (exact) mass is 365 g/mol. The third-order valence-corrected chi connectivity index (χ3v) is 4.82. The summed E-state index contributed by atoms with van der Waals surface area (Å²) in [6.07, 6.45) is 0.699. The van der Waals surface area contributed by atoms with Crippen LogP contribution < -0.4 is 10.5 Å². The number of hydrogen-bond donors (Lipinski definition) is 1. The van der Waals surface area contributed by atoms with Crippen molar-refractivity contribution in [3.05, 3.63) is 62.6 Å². The molecule has 0 aromatic heterocycles. The number of aryl methyl sites for hydroxylation is 1. The quantitative estimate of drug-likeness (QED) is 0.761. The summed E-state index contributed by atoms with van der Waals surface area (Å²) in [5.41, 5.74) is 9.09. The zero-order valence-electron chi connectivity index (χ0n) is 12.0. The first-order valence-corrected chi connectivity index (χ1v) is 8.07. The SMILES string of the molecule is Cc1ccc2c(c1)[C@H](N)CC(C)(c1ccc(Br)cc1Cl)O2. The van der Waals surface area contributed by atoms with E-state index in [4.69, 9.17) is 22.1 Å². The smallest absolute Gasteiger partial charge is 0.134 e. The van der Waals surface area contributed by atoms with Crippen LogP contribution in [-0.2, 0) is 5.60 Å².